The molecule has 9 heteroatoms. The number of amides is 1. The zero-order valence-electron chi connectivity index (χ0n) is 18.3. The van der Waals surface area contributed by atoms with Crippen LogP contribution in [0, 0.1) is 6.92 Å². The molecular formula is C22H29ClN2O5S. The van der Waals surface area contributed by atoms with Gasteiger partial charge in [0.1, 0.15) is 0 Å². The van der Waals surface area contributed by atoms with Crippen molar-refractivity contribution in [2.45, 2.75) is 33.2 Å². The molecule has 31 heavy (non-hydrogen) atoms. The quantitative estimate of drug-likeness (QED) is 0.540. The maximum atomic E-state index is 12.3. The minimum Gasteiger partial charge on any atom is -0.493 e. The average Bonchev–Trinajstić information content (AvgIpc) is 2.71. The van der Waals surface area contributed by atoms with Crippen LogP contribution in [0.3, 0.4) is 0 Å². The van der Waals surface area contributed by atoms with Gasteiger partial charge in [-0.25, -0.2) is 8.42 Å². The number of rotatable bonds is 11. The van der Waals surface area contributed by atoms with E-state index in [1.807, 2.05) is 19.1 Å². The lowest BCUT2D eigenvalue weighted by atomic mass is 10.2. The Hall–Kier alpha value is -2.45. The van der Waals surface area contributed by atoms with Crippen molar-refractivity contribution in [3.63, 3.8) is 0 Å². The predicted molar refractivity (Wildman–Crippen MR) is 124 cm³/mol. The molecule has 0 aromatic heterocycles. The second-order valence-electron chi connectivity index (χ2n) is 7.02. The van der Waals surface area contributed by atoms with Crippen LogP contribution >= 0.6 is 11.6 Å². The topological polar surface area (TPSA) is 84.9 Å². The summed E-state index contributed by atoms with van der Waals surface area (Å²) in [7, 11) is -1.94. The molecule has 0 aliphatic rings. The van der Waals surface area contributed by atoms with E-state index in [4.69, 9.17) is 21.1 Å². The highest BCUT2D eigenvalue weighted by Gasteiger charge is 2.20. The SMILES string of the molecule is CCOc1cc(CNC(=O)CCCN(c2cccc(Cl)c2C)S(C)(=O)=O)ccc1OC. The van der Waals surface area contributed by atoms with Crippen LogP contribution in [0.25, 0.3) is 0 Å². The molecule has 1 amide bonds. The van der Waals surface area contributed by atoms with Crippen LogP contribution in [-0.2, 0) is 21.4 Å². The van der Waals surface area contributed by atoms with Crippen LogP contribution in [-0.4, -0.2) is 40.8 Å². The Bertz CT molecular complexity index is 1010. The number of sulfonamides is 1. The Labute approximate surface area is 189 Å². The number of benzene rings is 2. The summed E-state index contributed by atoms with van der Waals surface area (Å²) in [5, 5.41) is 3.35. The number of nitrogens with zero attached hydrogens (tertiary/aromatic N) is 1. The number of halogens is 1. The van der Waals surface area contributed by atoms with Crippen LogP contribution in [0.4, 0.5) is 5.69 Å². The van der Waals surface area contributed by atoms with Gasteiger partial charge in [0.05, 0.1) is 25.7 Å². The summed E-state index contributed by atoms with van der Waals surface area (Å²) >= 11 is 6.14. The Morgan fingerprint density at radius 2 is 1.94 bits per heavy atom. The monoisotopic (exact) mass is 468 g/mol. The lowest BCUT2D eigenvalue weighted by Crippen LogP contribution is -2.32. The third-order valence-electron chi connectivity index (χ3n) is 4.69. The van der Waals surface area contributed by atoms with E-state index < -0.39 is 10.0 Å². The van der Waals surface area contributed by atoms with E-state index in [2.05, 4.69) is 5.32 Å². The second-order valence-corrected chi connectivity index (χ2v) is 9.33. The first-order valence-electron chi connectivity index (χ1n) is 9.96. The number of anilines is 1. The smallest absolute Gasteiger partial charge is 0.232 e. The molecule has 0 aliphatic carbocycles. The summed E-state index contributed by atoms with van der Waals surface area (Å²) in [6, 6.07) is 10.6. The van der Waals surface area contributed by atoms with E-state index in [1.165, 1.54) is 4.31 Å². The number of methoxy groups -OCH3 is 1. The maximum absolute atomic E-state index is 12.3. The number of hydrogen-bond donors (Lipinski definition) is 1. The van der Waals surface area contributed by atoms with Gasteiger partial charge < -0.3 is 14.8 Å². The molecule has 2 rings (SSSR count). The number of nitrogens with one attached hydrogen (secondary N) is 1. The fraction of sp³-hybridized carbons (Fsp3) is 0.409. The molecule has 0 radical (unpaired) electrons. The largest absolute Gasteiger partial charge is 0.493 e. The number of carbonyl (C=O) groups is 1. The molecule has 1 N–H and O–H groups in total. The molecule has 0 bridgehead atoms. The van der Waals surface area contributed by atoms with Gasteiger partial charge in [0.2, 0.25) is 15.9 Å². The van der Waals surface area contributed by atoms with Crippen LogP contribution in [0.5, 0.6) is 11.5 Å². The van der Waals surface area contributed by atoms with E-state index in [0.717, 1.165) is 11.8 Å². The van der Waals surface area contributed by atoms with Crippen LogP contribution in [0.15, 0.2) is 36.4 Å². The Morgan fingerprint density at radius 1 is 1.19 bits per heavy atom. The Morgan fingerprint density at radius 3 is 2.58 bits per heavy atom. The van der Waals surface area contributed by atoms with Crippen molar-refractivity contribution < 1.29 is 22.7 Å². The molecule has 0 unspecified atom stereocenters. The molecule has 2 aromatic carbocycles. The van der Waals surface area contributed by atoms with Crippen LogP contribution < -0.4 is 19.1 Å². The van der Waals surface area contributed by atoms with E-state index in [-0.39, 0.29) is 18.9 Å². The van der Waals surface area contributed by atoms with E-state index in [0.29, 0.717) is 47.3 Å². The molecule has 2 aromatic rings. The zero-order valence-corrected chi connectivity index (χ0v) is 19.8. The lowest BCUT2D eigenvalue weighted by molar-refractivity contribution is -0.121. The minimum atomic E-state index is -3.51. The fourth-order valence-corrected chi connectivity index (χ4v) is 4.29. The summed E-state index contributed by atoms with van der Waals surface area (Å²) in [6.07, 6.45) is 1.71. The second kappa shape index (κ2) is 11.2. The van der Waals surface area contributed by atoms with Crippen molar-refractivity contribution in [3.8, 4) is 11.5 Å². The summed E-state index contributed by atoms with van der Waals surface area (Å²) in [4.78, 5) is 12.3. The van der Waals surface area contributed by atoms with Crippen LogP contribution in [0.2, 0.25) is 5.02 Å². The summed E-state index contributed by atoms with van der Waals surface area (Å²) in [6.45, 7) is 4.69. The van der Waals surface area contributed by atoms with Gasteiger partial charge in [-0.3, -0.25) is 9.10 Å². The van der Waals surface area contributed by atoms with Gasteiger partial charge in [0.15, 0.2) is 11.5 Å². The van der Waals surface area contributed by atoms with Crippen molar-refractivity contribution in [2.75, 3.05) is 30.8 Å². The molecule has 0 spiro atoms. The van der Waals surface area contributed by atoms with Crippen molar-refractivity contribution in [1.82, 2.24) is 5.32 Å². The van der Waals surface area contributed by atoms with Gasteiger partial charge in [-0.15, -0.1) is 0 Å². The zero-order chi connectivity index (χ0) is 23.0. The minimum absolute atomic E-state index is 0.162. The normalized spacial score (nSPS) is 11.1. The van der Waals surface area contributed by atoms with Crippen molar-refractivity contribution in [2.24, 2.45) is 0 Å². The van der Waals surface area contributed by atoms with Gasteiger partial charge in [-0.2, -0.15) is 0 Å². The fourth-order valence-electron chi connectivity index (χ4n) is 3.10. The Kier molecular flexibility index (Phi) is 9.00. The van der Waals surface area contributed by atoms with Crippen LogP contribution in [0.1, 0.15) is 30.9 Å². The van der Waals surface area contributed by atoms with Crippen molar-refractivity contribution >= 4 is 33.2 Å². The average molecular weight is 469 g/mol. The third kappa shape index (κ3) is 7.04. The van der Waals surface area contributed by atoms with Gasteiger partial charge in [-0.1, -0.05) is 23.7 Å². The molecule has 0 aliphatic heterocycles. The lowest BCUT2D eigenvalue weighted by Gasteiger charge is -2.24. The first kappa shape index (κ1) is 24.8. The highest BCUT2D eigenvalue weighted by Crippen LogP contribution is 2.29. The van der Waals surface area contributed by atoms with E-state index >= 15 is 0 Å². The molecule has 170 valence electrons. The first-order chi connectivity index (χ1) is 14.7. The molecule has 0 saturated carbocycles. The molecule has 0 atom stereocenters. The van der Waals surface area contributed by atoms with Crippen molar-refractivity contribution in [3.05, 3.63) is 52.5 Å². The van der Waals surface area contributed by atoms with Gasteiger partial charge in [0, 0.05) is 24.5 Å². The standard InChI is InChI=1S/C22H29ClN2O5S/c1-5-30-21-14-17(11-12-20(21)29-3)15-24-22(26)10-7-13-25(31(4,27)28)19-9-6-8-18(23)16(19)2/h6,8-9,11-12,14H,5,7,10,13,15H2,1-4H3,(H,24,26). The summed E-state index contributed by atoms with van der Waals surface area (Å²) < 4.78 is 36.7. The molecule has 0 heterocycles. The molecule has 0 fully saturated rings. The summed E-state index contributed by atoms with van der Waals surface area (Å²) in [5.41, 5.74) is 2.09. The number of hydrogen-bond acceptors (Lipinski definition) is 5. The number of carbonyl (C=O) groups excluding carboxylic acids is 1. The molecular weight excluding hydrogens is 440 g/mol. The van der Waals surface area contributed by atoms with E-state index in [9.17, 15) is 13.2 Å². The van der Waals surface area contributed by atoms with Crippen molar-refractivity contribution in [1.29, 1.82) is 0 Å². The Balaban J connectivity index is 1.94. The van der Waals surface area contributed by atoms with Gasteiger partial charge in [0.25, 0.3) is 0 Å². The molecule has 7 nitrogen and oxygen atoms in total. The summed E-state index contributed by atoms with van der Waals surface area (Å²) in [5.74, 6) is 1.09. The van der Waals surface area contributed by atoms with Gasteiger partial charge in [-0.05, 0) is 55.7 Å². The maximum Gasteiger partial charge on any atom is 0.232 e. The third-order valence-corrected chi connectivity index (χ3v) is 6.28. The number of ether oxygens (including phenoxy) is 2. The van der Waals surface area contributed by atoms with E-state index in [1.54, 1.807) is 38.3 Å². The molecule has 0 saturated heterocycles. The predicted octanol–water partition coefficient (Wildman–Crippen LogP) is 3.92. The highest BCUT2D eigenvalue weighted by molar-refractivity contribution is 7.92. The first-order valence-corrected chi connectivity index (χ1v) is 12.2. The van der Waals surface area contributed by atoms with Gasteiger partial charge >= 0.3 is 0 Å². The highest BCUT2D eigenvalue weighted by atomic mass is 35.5.